The lowest BCUT2D eigenvalue weighted by Gasteiger charge is -2.22. The molecule has 0 bridgehead atoms. The molecular formula is C17H26BrClIN3O2. The maximum Gasteiger partial charge on any atom is 0.193 e. The van der Waals surface area contributed by atoms with Crippen LogP contribution in [0.1, 0.15) is 12.0 Å². The van der Waals surface area contributed by atoms with Crippen LogP contribution >= 0.6 is 51.5 Å². The number of nitrogens with zero attached hydrogens (tertiary/aromatic N) is 2. The second-order valence-corrected chi connectivity index (χ2v) is 7.13. The van der Waals surface area contributed by atoms with E-state index in [0.717, 1.165) is 47.1 Å². The van der Waals surface area contributed by atoms with Gasteiger partial charge in [-0.2, -0.15) is 0 Å². The molecule has 0 aromatic heterocycles. The van der Waals surface area contributed by atoms with Crippen molar-refractivity contribution in [3.63, 3.8) is 0 Å². The average Bonchev–Trinajstić information content (AvgIpc) is 3.03. The zero-order chi connectivity index (χ0) is 17.4. The number of methoxy groups -OCH3 is 1. The number of hydrogen-bond donors (Lipinski definition) is 1. The van der Waals surface area contributed by atoms with Crippen molar-refractivity contribution in [2.45, 2.75) is 13.0 Å². The summed E-state index contributed by atoms with van der Waals surface area (Å²) in [6.45, 7) is 4.68. The lowest BCUT2D eigenvalue weighted by molar-refractivity contribution is 0.0536. The van der Waals surface area contributed by atoms with Gasteiger partial charge in [0.25, 0.3) is 0 Å². The van der Waals surface area contributed by atoms with Gasteiger partial charge >= 0.3 is 0 Å². The number of rotatable bonds is 7. The summed E-state index contributed by atoms with van der Waals surface area (Å²) in [5.41, 5.74) is 1.06. The van der Waals surface area contributed by atoms with Crippen LogP contribution in [0.15, 0.2) is 27.7 Å². The first-order valence-corrected chi connectivity index (χ1v) is 9.27. The Kier molecular flexibility index (Phi) is 11.3. The Labute approximate surface area is 180 Å². The van der Waals surface area contributed by atoms with Gasteiger partial charge in [0.1, 0.15) is 0 Å². The minimum absolute atomic E-state index is 0. The fourth-order valence-corrected chi connectivity index (χ4v) is 3.47. The summed E-state index contributed by atoms with van der Waals surface area (Å²) in [6.07, 6.45) is 1.12. The van der Waals surface area contributed by atoms with Gasteiger partial charge in [0, 0.05) is 49.2 Å². The van der Waals surface area contributed by atoms with Crippen molar-refractivity contribution in [1.29, 1.82) is 0 Å². The van der Waals surface area contributed by atoms with E-state index < -0.39 is 0 Å². The normalized spacial score (nSPS) is 17.5. The molecule has 0 amide bonds. The summed E-state index contributed by atoms with van der Waals surface area (Å²) in [4.78, 5) is 6.67. The van der Waals surface area contributed by atoms with Gasteiger partial charge in [0.15, 0.2) is 5.96 Å². The Bertz CT molecular complexity index is 563. The summed E-state index contributed by atoms with van der Waals surface area (Å²) in [7, 11) is 3.50. The van der Waals surface area contributed by atoms with Crippen molar-refractivity contribution in [3.05, 3.63) is 33.3 Å². The summed E-state index contributed by atoms with van der Waals surface area (Å²) in [5.74, 6) is 1.45. The van der Waals surface area contributed by atoms with Crippen molar-refractivity contribution in [1.82, 2.24) is 10.2 Å². The van der Waals surface area contributed by atoms with Gasteiger partial charge in [-0.1, -0.05) is 33.6 Å². The minimum Gasteiger partial charge on any atom is -0.382 e. The SMILES string of the molecule is CN=C(NCc1ccc(Br)cc1Cl)N1CCC(COCCOC)C1.I. The topological polar surface area (TPSA) is 46.1 Å². The Morgan fingerprint density at radius 3 is 2.92 bits per heavy atom. The number of benzene rings is 1. The van der Waals surface area contributed by atoms with Gasteiger partial charge in [0.2, 0.25) is 0 Å². The predicted octanol–water partition coefficient (Wildman–Crippen LogP) is 3.78. The smallest absolute Gasteiger partial charge is 0.193 e. The first-order valence-electron chi connectivity index (χ1n) is 8.10. The van der Waals surface area contributed by atoms with Crippen LogP contribution in [0.4, 0.5) is 0 Å². The highest BCUT2D eigenvalue weighted by molar-refractivity contribution is 14.0. The number of nitrogens with one attached hydrogen (secondary N) is 1. The van der Waals surface area contributed by atoms with Gasteiger partial charge in [-0.05, 0) is 24.1 Å². The minimum atomic E-state index is 0. The van der Waals surface area contributed by atoms with E-state index in [-0.39, 0.29) is 24.0 Å². The largest absolute Gasteiger partial charge is 0.382 e. The van der Waals surface area contributed by atoms with Crippen LogP contribution in [-0.4, -0.2) is 57.9 Å². The number of aliphatic imine (C=N–C) groups is 1. The monoisotopic (exact) mass is 545 g/mol. The van der Waals surface area contributed by atoms with Crippen molar-refractivity contribution in [3.8, 4) is 0 Å². The second-order valence-electron chi connectivity index (χ2n) is 5.80. The third kappa shape index (κ3) is 7.58. The number of ether oxygens (including phenoxy) is 2. The number of hydrogen-bond acceptors (Lipinski definition) is 3. The van der Waals surface area contributed by atoms with Crippen LogP contribution in [0.5, 0.6) is 0 Å². The molecule has 5 nitrogen and oxygen atoms in total. The van der Waals surface area contributed by atoms with E-state index in [1.54, 1.807) is 7.11 Å². The molecule has 0 aliphatic carbocycles. The van der Waals surface area contributed by atoms with Gasteiger partial charge in [-0.25, -0.2) is 0 Å². The van der Waals surface area contributed by atoms with E-state index in [0.29, 0.717) is 25.7 Å². The molecule has 1 fully saturated rings. The summed E-state index contributed by atoms with van der Waals surface area (Å²) in [5, 5.41) is 4.15. The number of halogens is 3. The van der Waals surface area contributed by atoms with Gasteiger partial charge < -0.3 is 19.7 Å². The summed E-state index contributed by atoms with van der Waals surface area (Å²) in [6, 6.07) is 5.92. The van der Waals surface area contributed by atoms with Crippen LogP contribution in [0.3, 0.4) is 0 Å². The Morgan fingerprint density at radius 2 is 2.24 bits per heavy atom. The first kappa shape index (κ1) is 23.0. The van der Waals surface area contributed by atoms with Crippen LogP contribution in [-0.2, 0) is 16.0 Å². The van der Waals surface area contributed by atoms with Crippen molar-refractivity contribution in [2.75, 3.05) is 47.1 Å². The predicted molar refractivity (Wildman–Crippen MR) is 117 cm³/mol. The van der Waals surface area contributed by atoms with Crippen molar-refractivity contribution in [2.24, 2.45) is 10.9 Å². The molecule has 1 N–H and O–H groups in total. The molecule has 1 aliphatic heterocycles. The molecular weight excluding hydrogens is 520 g/mol. The molecule has 1 unspecified atom stereocenters. The molecule has 1 aliphatic rings. The molecule has 1 aromatic carbocycles. The van der Waals surface area contributed by atoms with E-state index in [1.165, 1.54) is 0 Å². The quantitative estimate of drug-likeness (QED) is 0.245. The second kappa shape index (κ2) is 12.3. The number of likely N-dealkylation sites (tertiary alicyclic amines) is 1. The van der Waals surface area contributed by atoms with Crippen LogP contribution < -0.4 is 5.32 Å². The summed E-state index contributed by atoms with van der Waals surface area (Å²) < 4.78 is 11.6. The van der Waals surface area contributed by atoms with Gasteiger partial charge in [-0.15, -0.1) is 24.0 Å². The van der Waals surface area contributed by atoms with E-state index in [9.17, 15) is 0 Å². The van der Waals surface area contributed by atoms with E-state index in [4.69, 9.17) is 21.1 Å². The fourth-order valence-electron chi connectivity index (χ4n) is 2.72. The third-order valence-electron chi connectivity index (χ3n) is 4.03. The molecule has 1 saturated heterocycles. The Hall–Kier alpha value is -0.0900. The van der Waals surface area contributed by atoms with E-state index in [2.05, 4.69) is 31.1 Å². The Morgan fingerprint density at radius 1 is 1.44 bits per heavy atom. The van der Waals surface area contributed by atoms with E-state index in [1.807, 2.05) is 25.2 Å². The van der Waals surface area contributed by atoms with Gasteiger partial charge in [0.05, 0.1) is 19.8 Å². The van der Waals surface area contributed by atoms with Crippen LogP contribution in [0, 0.1) is 5.92 Å². The molecule has 1 aromatic rings. The molecule has 2 rings (SSSR count). The highest BCUT2D eigenvalue weighted by Crippen LogP contribution is 2.21. The highest BCUT2D eigenvalue weighted by Gasteiger charge is 2.24. The standard InChI is InChI=1S/C17H25BrClN3O2.HI/c1-20-17(21-10-14-3-4-15(18)9-16(14)19)22-6-5-13(11-22)12-24-8-7-23-2;/h3-4,9,13H,5-8,10-12H2,1-2H3,(H,20,21);1H. The fraction of sp³-hybridized carbons (Fsp3) is 0.588. The molecule has 0 radical (unpaired) electrons. The Balaban J connectivity index is 0.00000312. The van der Waals surface area contributed by atoms with Crippen molar-refractivity contribution >= 4 is 57.5 Å². The highest BCUT2D eigenvalue weighted by atomic mass is 127. The van der Waals surface area contributed by atoms with Crippen molar-refractivity contribution < 1.29 is 9.47 Å². The third-order valence-corrected chi connectivity index (χ3v) is 4.88. The molecule has 8 heteroatoms. The van der Waals surface area contributed by atoms with Crippen LogP contribution in [0.25, 0.3) is 0 Å². The maximum atomic E-state index is 6.27. The molecule has 1 atom stereocenters. The van der Waals surface area contributed by atoms with Crippen LogP contribution in [0.2, 0.25) is 5.02 Å². The molecule has 0 spiro atoms. The van der Waals surface area contributed by atoms with E-state index >= 15 is 0 Å². The molecule has 1 heterocycles. The molecule has 142 valence electrons. The first-order chi connectivity index (χ1) is 11.6. The number of guanidine groups is 1. The zero-order valence-electron chi connectivity index (χ0n) is 14.6. The average molecular weight is 547 g/mol. The summed E-state index contributed by atoms with van der Waals surface area (Å²) >= 11 is 9.70. The lowest BCUT2D eigenvalue weighted by Crippen LogP contribution is -2.39. The molecule has 25 heavy (non-hydrogen) atoms. The molecule has 0 saturated carbocycles. The lowest BCUT2D eigenvalue weighted by atomic mass is 10.1. The maximum absolute atomic E-state index is 6.27. The van der Waals surface area contributed by atoms with Gasteiger partial charge in [-0.3, -0.25) is 4.99 Å². The zero-order valence-corrected chi connectivity index (χ0v) is 19.3.